The number of benzene rings is 2. The molecule has 0 aliphatic rings. The lowest BCUT2D eigenvalue weighted by molar-refractivity contribution is -0.152. The fourth-order valence-electron chi connectivity index (χ4n) is 1.85. The number of nitrogens with zero attached hydrogens (tertiary/aromatic N) is 1. The van der Waals surface area contributed by atoms with Gasteiger partial charge in [0.2, 0.25) is 0 Å². The van der Waals surface area contributed by atoms with Crippen molar-refractivity contribution in [2.75, 3.05) is 7.11 Å². The lowest BCUT2D eigenvalue weighted by Gasteiger charge is -2.14. The zero-order valence-corrected chi connectivity index (χ0v) is 13.0. The quantitative estimate of drug-likeness (QED) is 0.767. The maximum absolute atomic E-state index is 11.9. The number of hydrogen-bond acceptors (Lipinski definition) is 5. The highest BCUT2D eigenvalue weighted by molar-refractivity contribution is 5.74. The van der Waals surface area contributed by atoms with Crippen LogP contribution in [0.2, 0.25) is 0 Å². The van der Waals surface area contributed by atoms with Crippen molar-refractivity contribution >= 4 is 5.97 Å². The van der Waals surface area contributed by atoms with Gasteiger partial charge in [-0.3, -0.25) is 0 Å². The lowest BCUT2D eigenvalue weighted by atomic mass is 10.2. The molecule has 0 spiro atoms. The molecule has 0 saturated heterocycles. The summed E-state index contributed by atoms with van der Waals surface area (Å²) in [7, 11) is 1.58. The summed E-state index contributed by atoms with van der Waals surface area (Å²) in [6.07, 6.45) is -0.721. The van der Waals surface area contributed by atoms with Crippen LogP contribution in [-0.2, 0) is 16.1 Å². The number of nitriles is 1. The minimum Gasteiger partial charge on any atom is -0.497 e. The van der Waals surface area contributed by atoms with Gasteiger partial charge < -0.3 is 14.2 Å². The Labute approximate surface area is 135 Å². The van der Waals surface area contributed by atoms with Crippen molar-refractivity contribution in [3.05, 3.63) is 59.7 Å². The van der Waals surface area contributed by atoms with Gasteiger partial charge in [0.25, 0.3) is 0 Å². The molecule has 2 rings (SSSR count). The van der Waals surface area contributed by atoms with Crippen LogP contribution < -0.4 is 9.47 Å². The van der Waals surface area contributed by atoms with Crippen molar-refractivity contribution in [1.29, 1.82) is 5.26 Å². The molecule has 1 atom stereocenters. The van der Waals surface area contributed by atoms with Crippen LogP contribution in [0, 0.1) is 11.3 Å². The number of methoxy groups -OCH3 is 1. The largest absolute Gasteiger partial charge is 0.497 e. The van der Waals surface area contributed by atoms with Gasteiger partial charge in [0.05, 0.1) is 18.7 Å². The molecule has 0 fully saturated rings. The second-order valence-corrected chi connectivity index (χ2v) is 4.85. The standard InChI is InChI=1S/C18H17NO4/c1-13(23-17-9-7-16(21-2)8-10-17)18(20)22-12-15-5-3-14(11-19)4-6-15/h3-10,13H,12H2,1-2H3. The van der Waals surface area contributed by atoms with Crippen molar-refractivity contribution in [3.63, 3.8) is 0 Å². The molecule has 0 aliphatic carbocycles. The van der Waals surface area contributed by atoms with Crippen LogP contribution in [0.5, 0.6) is 11.5 Å². The third kappa shape index (κ3) is 4.75. The Morgan fingerprint density at radius 3 is 2.26 bits per heavy atom. The monoisotopic (exact) mass is 311 g/mol. The van der Waals surface area contributed by atoms with Crippen LogP contribution >= 0.6 is 0 Å². The summed E-state index contributed by atoms with van der Waals surface area (Å²) in [6, 6.07) is 15.9. The molecular formula is C18H17NO4. The Morgan fingerprint density at radius 2 is 1.70 bits per heavy atom. The number of ether oxygens (including phenoxy) is 3. The first kappa shape index (κ1) is 16.4. The van der Waals surface area contributed by atoms with Crippen LogP contribution in [0.3, 0.4) is 0 Å². The van der Waals surface area contributed by atoms with E-state index in [1.54, 1.807) is 62.6 Å². The number of carbonyl (C=O) groups excluding carboxylic acids is 1. The van der Waals surface area contributed by atoms with Gasteiger partial charge in [0, 0.05) is 0 Å². The van der Waals surface area contributed by atoms with Crippen LogP contribution in [0.4, 0.5) is 0 Å². The Morgan fingerprint density at radius 1 is 1.09 bits per heavy atom. The number of hydrogen-bond donors (Lipinski definition) is 0. The Kier molecular flexibility index (Phi) is 5.59. The highest BCUT2D eigenvalue weighted by Gasteiger charge is 2.16. The molecule has 0 saturated carbocycles. The molecule has 5 nitrogen and oxygen atoms in total. The number of carbonyl (C=O) groups is 1. The summed E-state index contributed by atoms with van der Waals surface area (Å²) < 4.78 is 15.8. The second kappa shape index (κ2) is 7.85. The smallest absolute Gasteiger partial charge is 0.347 e. The molecule has 2 aromatic carbocycles. The van der Waals surface area contributed by atoms with Gasteiger partial charge in [0.1, 0.15) is 18.1 Å². The molecule has 0 heterocycles. The van der Waals surface area contributed by atoms with Crippen LogP contribution in [-0.4, -0.2) is 19.2 Å². The predicted molar refractivity (Wildman–Crippen MR) is 84.0 cm³/mol. The topological polar surface area (TPSA) is 68.6 Å². The van der Waals surface area contributed by atoms with E-state index in [0.717, 1.165) is 5.56 Å². The third-order valence-corrected chi connectivity index (χ3v) is 3.17. The van der Waals surface area contributed by atoms with Gasteiger partial charge in [-0.1, -0.05) is 12.1 Å². The second-order valence-electron chi connectivity index (χ2n) is 4.85. The molecule has 0 aliphatic heterocycles. The van der Waals surface area contributed by atoms with E-state index in [1.807, 2.05) is 6.07 Å². The van der Waals surface area contributed by atoms with Gasteiger partial charge >= 0.3 is 5.97 Å². The molecule has 0 amide bonds. The molecule has 1 unspecified atom stereocenters. The van der Waals surface area contributed by atoms with Crippen LogP contribution in [0.1, 0.15) is 18.1 Å². The van der Waals surface area contributed by atoms with E-state index in [-0.39, 0.29) is 6.61 Å². The van der Waals surface area contributed by atoms with E-state index in [9.17, 15) is 4.79 Å². The summed E-state index contributed by atoms with van der Waals surface area (Å²) in [4.78, 5) is 11.9. The first-order valence-electron chi connectivity index (χ1n) is 7.09. The Bertz CT molecular complexity index is 686. The SMILES string of the molecule is COc1ccc(OC(C)C(=O)OCc2ccc(C#N)cc2)cc1. The minimum absolute atomic E-state index is 0.140. The molecule has 0 aromatic heterocycles. The highest BCUT2D eigenvalue weighted by Crippen LogP contribution is 2.18. The average molecular weight is 311 g/mol. The van der Waals surface area contributed by atoms with Crippen molar-refractivity contribution in [3.8, 4) is 17.6 Å². The summed E-state index contributed by atoms with van der Waals surface area (Å²) in [5.74, 6) is 0.826. The molecule has 0 bridgehead atoms. The van der Waals surface area contributed by atoms with Gasteiger partial charge in [-0.05, 0) is 48.9 Å². The zero-order valence-electron chi connectivity index (χ0n) is 13.0. The molecule has 2 aromatic rings. The normalized spacial score (nSPS) is 11.2. The van der Waals surface area contributed by atoms with E-state index in [1.165, 1.54) is 0 Å². The van der Waals surface area contributed by atoms with Crippen molar-refractivity contribution in [2.45, 2.75) is 19.6 Å². The summed E-state index contributed by atoms with van der Waals surface area (Å²) in [6.45, 7) is 1.77. The average Bonchev–Trinajstić information content (AvgIpc) is 2.60. The third-order valence-electron chi connectivity index (χ3n) is 3.17. The first-order chi connectivity index (χ1) is 11.1. The zero-order chi connectivity index (χ0) is 16.7. The van der Waals surface area contributed by atoms with Crippen LogP contribution in [0.15, 0.2) is 48.5 Å². The summed E-state index contributed by atoms with van der Waals surface area (Å²) in [5.41, 5.74) is 1.38. The van der Waals surface area contributed by atoms with E-state index in [2.05, 4.69) is 0 Å². The number of esters is 1. The van der Waals surface area contributed by atoms with E-state index >= 15 is 0 Å². The predicted octanol–water partition coefficient (Wildman–Crippen LogP) is 3.08. The maximum atomic E-state index is 11.9. The maximum Gasteiger partial charge on any atom is 0.347 e. The van der Waals surface area contributed by atoms with Crippen molar-refractivity contribution in [2.24, 2.45) is 0 Å². The molecule has 5 heteroatoms. The fraction of sp³-hybridized carbons (Fsp3) is 0.222. The van der Waals surface area contributed by atoms with Gasteiger partial charge in [-0.2, -0.15) is 5.26 Å². The number of rotatable bonds is 6. The summed E-state index contributed by atoms with van der Waals surface area (Å²) in [5, 5.41) is 8.73. The van der Waals surface area contributed by atoms with E-state index in [4.69, 9.17) is 19.5 Å². The Hall–Kier alpha value is -3.00. The molecule has 0 radical (unpaired) electrons. The molecule has 0 N–H and O–H groups in total. The lowest BCUT2D eigenvalue weighted by Crippen LogP contribution is -2.26. The van der Waals surface area contributed by atoms with Gasteiger partial charge in [-0.15, -0.1) is 0 Å². The van der Waals surface area contributed by atoms with E-state index in [0.29, 0.717) is 17.1 Å². The van der Waals surface area contributed by atoms with Gasteiger partial charge in [-0.25, -0.2) is 4.79 Å². The first-order valence-corrected chi connectivity index (χ1v) is 7.09. The van der Waals surface area contributed by atoms with Gasteiger partial charge in [0.15, 0.2) is 6.10 Å². The molecular weight excluding hydrogens is 294 g/mol. The molecule has 23 heavy (non-hydrogen) atoms. The van der Waals surface area contributed by atoms with Crippen molar-refractivity contribution < 1.29 is 19.0 Å². The van der Waals surface area contributed by atoms with Crippen LogP contribution in [0.25, 0.3) is 0 Å². The Balaban J connectivity index is 1.85. The minimum atomic E-state index is -0.721. The highest BCUT2D eigenvalue weighted by atomic mass is 16.6. The summed E-state index contributed by atoms with van der Waals surface area (Å²) >= 11 is 0. The molecule has 118 valence electrons. The fourth-order valence-corrected chi connectivity index (χ4v) is 1.85. The van der Waals surface area contributed by atoms with Crippen molar-refractivity contribution in [1.82, 2.24) is 0 Å². The van der Waals surface area contributed by atoms with E-state index < -0.39 is 12.1 Å².